The molecule has 0 aliphatic rings. The minimum atomic E-state index is -2.88. The molecular weight excluding hydrogens is 330 g/mol. The van der Waals surface area contributed by atoms with Crippen LogP contribution >= 0.6 is 0 Å². The molecule has 0 unspecified atom stereocenters. The molecule has 0 bridgehead atoms. The Hall–Kier alpha value is -2.83. The number of benzene rings is 2. The molecule has 0 saturated heterocycles. The first kappa shape index (κ1) is 18.5. The summed E-state index contributed by atoms with van der Waals surface area (Å²) in [4.78, 5) is 11.7. The Balaban J connectivity index is 1.67. The van der Waals surface area contributed by atoms with Crippen molar-refractivity contribution >= 4 is 6.03 Å². The maximum absolute atomic E-state index is 12.2. The molecule has 0 radical (unpaired) electrons. The van der Waals surface area contributed by atoms with Crippen molar-refractivity contribution in [1.29, 1.82) is 0 Å². The Morgan fingerprint density at radius 1 is 1.08 bits per heavy atom. The van der Waals surface area contributed by atoms with Gasteiger partial charge in [0.05, 0.1) is 6.54 Å². The zero-order valence-corrected chi connectivity index (χ0v) is 13.8. The molecule has 0 aliphatic carbocycles. The maximum atomic E-state index is 12.2. The van der Waals surface area contributed by atoms with Crippen LogP contribution in [0.5, 0.6) is 11.5 Å². The van der Waals surface area contributed by atoms with Crippen molar-refractivity contribution in [3.8, 4) is 11.5 Å². The number of rotatable bonds is 8. The van der Waals surface area contributed by atoms with Crippen LogP contribution in [0.3, 0.4) is 0 Å². The van der Waals surface area contributed by atoms with Crippen LogP contribution in [0.4, 0.5) is 13.6 Å². The van der Waals surface area contributed by atoms with Gasteiger partial charge in [0.25, 0.3) is 0 Å². The third-order valence-corrected chi connectivity index (χ3v) is 3.22. The van der Waals surface area contributed by atoms with Crippen molar-refractivity contribution in [2.45, 2.75) is 20.1 Å². The molecule has 0 spiro atoms. The highest BCUT2D eigenvalue weighted by Gasteiger charge is 2.05. The average molecular weight is 350 g/mol. The fourth-order valence-electron chi connectivity index (χ4n) is 2.12. The summed E-state index contributed by atoms with van der Waals surface area (Å²) in [7, 11) is 0. The van der Waals surface area contributed by atoms with E-state index in [4.69, 9.17) is 4.74 Å². The molecule has 0 aromatic heterocycles. The summed E-state index contributed by atoms with van der Waals surface area (Å²) in [5.74, 6) is 0.805. The maximum Gasteiger partial charge on any atom is 0.387 e. The van der Waals surface area contributed by atoms with Crippen LogP contribution in [0, 0.1) is 6.92 Å². The van der Waals surface area contributed by atoms with Crippen LogP contribution in [-0.2, 0) is 6.54 Å². The molecule has 2 N–H and O–H groups in total. The van der Waals surface area contributed by atoms with Gasteiger partial charge in [0, 0.05) is 6.54 Å². The lowest BCUT2D eigenvalue weighted by Crippen LogP contribution is -2.37. The third kappa shape index (κ3) is 7.07. The molecule has 2 rings (SSSR count). The summed E-state index contributed by atoms with van der Waals surface area (Å²) >= 11 is 0. The van der Waals surface area contributed by atoms with Gasteiger partial charge in [-0.15, -0.1) is 0 Å². The molecule has 134 valence electrons. The number of hydrogen-bond acceptors (Lipinski definition) is 3. The van der Waals surface area contributed by atoms with E-state index in [1.54, 1.807) is 12.1 Å². The molecule has 0 heterocycles. The van der Waals surface area contributed by atoms with Gasteiger partial charge < -0.3 is 20.1 Å². The first-order valence-electron chi connectivity index (χ1n) is 7.78. The largest absolute Gasteiger partial charge is 0.492 e. The minimum Gasteiger partial charge on any atom is -0.492 e. The standard InChI is InChI=1S/C18H20F2N2O3/c1-13-4-2-6-15(10-13)24-9-8-21-18(23)22-12-14-5-3-7-16(11-14)25-17(19)20/h2-7,10-11,17H,8-9,12H2,1H3,(H2,21,22,23). The summed E-state index contributed by atoms with van der Waals surface area (Å²) in [6.07, 6.45) is 0. The van der Waals surface area contributed by atoms with Gasteiger partial charge in [0.1, 0.15) is 18.1 Å². The topological polar surface area (TPSA) is 59.6 Å². The monoisotopic (exact) mass is 350 g/mol. The second kappa shape index (κ2) is 9.46. The van der Waals surface area contributed by atoms with Gasteiger partial charge in [0.2, 0.25) is 0 Å². The Morgan fingerprint density at radius 2 is 1.84 bits per heavy atom. The first-order valence-corrected chi connectivity index (χ1v) is 7.78. The van der Waals surface area contributed by atoms with Crippen molar-refractivity contribution in [3.05, 3.63) is 59.7 Å². The number of amides is 2. The fraction of sp³-hybridized carbons (Fsp3) is 0.278. The quantitative estimate of drug-likeness (QED) is 0.717. The minimum absolute atomic E-state index is 0.0567. The van der Waals surface area contributed by atoms with Gasteiger partial charge >= 0.3 is 12.6 Å². The highest BCUT2D eigenvalue weighted by Crippen LogP contribution is 2.15. The second-order valence-corrected chi connectivity index (χ2v) is 5.30. The summed E-state index contributed by atoms with van der Waals surface area (Å²) in [6, 6.07) is 13.4. The van der Waals surface area contributed by atoms with Gasteiger partial charge in [-0.2, -0.15) is 8.78 Å². The van der Waals surface area contributed by atoms with Gasteiger partial charge in [0.15, 0.2) is 0 Å². The molecule has 7 heteroatoms. The van der Waals surface area contributed by atoms with E-state index in [2.05, 4.69) is 15.4 Å². The van der Waals surface area contributed by atoms with E-state index in [9.17, 15) is 13.6 Å². The SMILES string of the molecule is Cc1cccc(OCCNC(=O)NCc2cccc(OC(F)F)c2)c1. The van der Waals surface area contributed by atoms with Crippen LogP contribution in [0.1, 0.15) is 11.1 Å². The highest BCUT2D eigenvalue weighted by atomic mass is 19.3. The number of nitrogens with one attached hydrogen (secondary N) is 2. The summed E-state index contributed by atoms with van der Waals surface area (Å²) in [5, 5.41) is 5.30. The average Bonchev–Trinajstić information content (AvgIpc) is 2.57. The van der Waals surface area contributed by atoms with Gasteiger partial charge in [-0.25, -0.2) is 4.79 Å². The lowest BCUT2D eigenvalue weighted by molar-refractivity contribution is -0.0498. The molecular formula is C18H20F2N2O3. The molecule has 0 saturated carbocycles. The molecule has 5 nitrogen and oxygen atoms in total. The smallest absolute Gasteiger partial charge is 0.387 e. The zero-order valence-electron chi connectivity index (χ0n) is 13.8. The number of alkyl halides is 2. The summed E-state index contributed by atoms with van der Waals surface area (Å²) < 4.78 is 34.2. The van der Waals surface area contributed by atoms with E-state index in [0.717, 1.165) is 11.3 Å². The van der Waals surface area contributed by atoms with Crippen molar-refractivity contribution in [2.24, 2.45) is 0 Å². The van der Waals surface area contributed by atoms with E-state index < -0.39 is 6.61 Å². The van der Waals surface area contributed by atoms with Crippen LogP contribution in [0.2, 0.25) is 0 Å². The van der Waals surface area contributed by atoms with Crippen LogP contribution in [0.25, 0.3) is 0 Å². The Labute approximate surface area is 144 Å². The lowest BCUT2D eigenvalue weighted by Gasteiger charge is -2.10. The number of aryl methyl sites for hydroxylation is 1. The van der Waals surface area contributed by atoms with Crippen molar-refractivity contribution in [3.63, 3.8) is 0 Å². The normalized spacial score (nSPS) is 10.4. The third-order valence-electron chi connectivity index (χ3n) is 3.22. The predicted octanol–water partition coefficient (Wildman–Crippen LogP) is 3.47. The van der Waals surface area contributed by atoms with Crippen molar-refractivity contribution in [1.82, 2.24) is 10.6 Å². The molecule has 0 atom stereocenters. The van der Waals surface area contributed by atoms with E-state index >= 15 is 0 Å². The Morgan fingerprint density at radius 3 is 2.60 bits per heavy atom. The molecule has 2 aromatic rings. The van der Waals surface area contributed by atoms with Gasteiger partial charge in [-0.3, -0.25) is 0 Å². The van der Waals surface area contributed by atoms with E-state index in [1.807, 2.05) is 31.2 Å². The van der Waals surface area contributed by atoms with Gasteiger partial charge in [-0.1, -0.05) is 24.3 Å². The number of carbonyl (C=O) groups excluding carboxylic acids is 1. The van der Waals surface area contributed by atoms with Crippen molar-refractivity contribution in [2.75, 3.05) is 13.2 Å². The number of ether oxygens (including phenoxy) is 2. The van der Waals surface area contributed by atoms with Crippen molar-refractivity contribution < 1.29 is 23.0 Å². The Bertz CT molecular complexity index is 696. The first-order chi connectivity index (χ1) is 12.0. The van der Waals surface area contributed by atoms with Crippen LogP contribution in [-0.4, -0.2) is 25.8 Å². The molecule has 2 aromatic carbocycles. The predicted molar refractivity (Wildman–Crippen MR) is 90.0 cm³/mol. The molecule has 0 aliphatic heterocycles. The zero-order chi connectivity index (χ0) is 18.1. The molecule has 2 amide bonds. The second-order valence-electron chi connectivity index (χ2n) is 5.30. The molecule has 0 fully saturated rings. The van der Waals surface area contributed by atoms with Gasteiger partial charge in [-0.05, 0) is 42.3 Å². The van der Waals surface area contributed by atoms with Crippen LogP contribution < -0.4 is 20.1 Å². The Kier molecular flexibility index (Phi) is 7.00. The van der Waals surface area contributed by atoms with E-state index in [-0.39, 0.29) is 18.3 Å². The number of halogens is 2. The lowest BCUT2D eigenvalue weighted by atomic mass is 10.2. The van der Waals surface area contributed by atoms with Crippen LogP contribution in [0.15, 0.2) is 48.5 Å². The van der Waals surface area contributed by atoms with E-state index in [0.29, 0.717) is 18.7 Å². The molecule has 25 heavy (non-hydrogen) atoms. The summed E-state index contributed by atoms with van der Waals surface area (Å²) in [6.45, 7) is -0.0201. The number of hydrogen-bond donors (Lipinski definition) is 2. The van der Waals surface area contributed by atoms with E-state index in [1.165, 1.54) is 12.1 Å². The summed E-state index contributed by atoms with van der Waals surface area (Å²) in [5.41, 5.74) is 1.76. The fourth-order valence-corrected chi connectivity index (χ4v) is 2.12. The number of urea groups is 1. The highest BCUT2D eigenvalue weighted by molar-refractivity contribution is 5.73. The number of carbonyl (C=O) groups is 1.